The molecular weight excluding hydrogens is 234 g/mol. The number of hydrogen-bond acceptors (Lipinski definition) is 2. The highest BCUT2D eigenvalue weighted by atomic mass is 19.1. The molecule has 0 spiro atoms. The van der Waals surface area contributed by atoms with E-state index in [1.807, 2.05) is 0 Å². The number of benzene rings is 1. The first kappa shape index (κ1) is 12.9. The van der Waals surface area contributed by atoms with Crippen LogP contribution in [-0.4, -0.2) is 23.7 Å². The van der Waals surface area contributed by atoms with Crippen LogP contribution in [0.1, 0.15) is 6.42 Å². The zero-order chi connectivity index (χ0) is 12.8. The van der Waals surface area contributed by atoms with Crippen molar-refractivity contribution in [3.8, 4) is 0 Å². The predicted octanol–water partition coefficient (Wildman–Crippen LogP) is 1.56. The van der Waals surface area contributed by atoms with Gasteiger partial charge >= 0.3 is 12.0 Å². The molecule has 1 rings (SSSR count). The van der Waals surface area contributed by atoms with Crippen molar-refractivity contribution in [3.05, 3.63) is 29.8 Å². The molecule has 17 heavy (non-hydrogen) atoms. The number of rotatable bonds is 4. The number of anilines is 1. The van der Waals surface area contributed by atoms with Crippen molar-refractivity contribution in [2.75, 3.05) is 11.9 Å². The topological polar surface area (TPSA) is 78.4 Å². The second-order valence-corrected chi connectivity index (χ2v) is 3.15. The SMILES string of the molecule is O=C(O)CCNC(=O)Nc1cc(F)ccc1F. The Bertz CT molecular complexity index is 438. The minimum atomic E-state index is -1.07. The predicted molar refractivity (Wildman–Crippen MR) is 55.6 cm³/mol. The summed E-state index contributed by atoms with van der Waals surface area (Å²) in [6, 6.07) is 1.83. The average molecular weight is 244 g/mol. The molecule has 1 aromatic carbocycles. The van der Waals surface area contributed by atoms with Crippen LogP contribution in [0, 0.1) is 11.6 Å². The van der Waals surface area contributed by atoms with E-state index in [4.69, 9.17) is 5.11 Å². The van der Waals surface area contributed by atoms with E-state index >= 15 is 0 Å². The monoisotopic (exact) mass is 244 g/mol. The number of carboxylic acids is 1. The maximum atomic E-state index is 13.1. The second-order valence-electron chi connectivity index (χ2n) is 3.15. The van der Waals surface area contributed by atoms with E-state index in [-0.39, 0.29) is 18.7 Å². The van der Waals surface area contributed by atoms with Gasteiger partial charge in [0.15, 0.2) is 0 Å². The van der Waals surface area contributed by atoms with E-state index in [2.05, 4.69) is 10.6 Å². The molecule has 0 aliphatic heterocycles. The summed E-state index contributed by atoms with van der Waals surface area (Å²) in [6.45, 7) is -0.0991. The minimum Gasteiger partial charge on any atom is -0.481 e. The molecule has 0 atom stereocenters. The van der Waals surface area contributed by atoms with Gasteiger partial charge < -0.3 is 15.7 Å². The molecule has 0 unspecified atom stereocenters. The molecule has 0 radical (unpaired) electrons. The van der Waals surface area contributed by atoms with Crippen LogP contribution in [0.2, 0.25) is 0 Å². The number of urea groups is 1. The van der Waals surface area contributed by atoms with Gasteiger partial charge in [0.1, 0.15) is 11.6 Å². The second kappa shape index (κ2) is 5.78. The van der Waals surface area contributed by atoms with Crippen molar-refractivity contribution < 1.29 is 23.5 Å². The molecule has 0 bridgehead atoms. The Balaban J connectivity index is 2.50. The lowest BCUT2D eigenvalue weighted by atomic mass is 10.3. The number of halogens is 2. The molecule has 7 heteroatoms. The summed E-state index contributed by atoms with van der Waals surface area (Å²) in [6.07, 6.45) is -0.251. The van der Waals surface area contributed by atoms with E-state index in [1.165, 1.54) is 0 Å². The van der Waals surface area contributed by atoms with Crippen LogP contribution in [0.3, 0.4) is 0 Å². The zero-order valence-corrected chi connectivity index (χ0v) is 8.67. The van der Waals surface area contributed by atoms with Gasteiger partial charge in [-0.05, 0) is 12.1 Å². The summed E-state index contributed by atoms with van der Waals surface area (Å²) < 4.78 is 25.8. The third kappa shape index (κ3) is 4.45. The summed E-state index contributed by atoms with van der Waals surface area (Å²) in [5.41, 5.74) is -0.308. The molecule has 2 amide bonds. The molecular formula is C10H10F2N2O3. The Hall–Kier alpha value is -2.18. The quantitative estimate of drug-likeness (QED) is 0.752. The first-order valence-corrected chi connectivity index (χ1v) is 4.70. The fourth-order valence-electron chi connectivity index (χ4n) is 1.04. The Morgan fingerprint density at radius 1 is 1.29 bits per heavy atom. The van der Waals surface area contributed by atoms with Crippen molar-refractivity contribution in [2.45, 2.75) is 6.42 Å². The normalized spacial score (nSPS) is 9.76. The fourth-order valence-corrected chi connectivity index (χ4v) is 1.04. The van der Waals surface area contributed by atoms with Gasteiger partial charge in [-0.15, -0.1) is 0 Å². The molecule has 0 aliphatic carbocycles. The van der Waals surface area contributed by atoms with Crippen LogP contribution >= 0.6 is 0 Å². The summed E-state index contributed by atoms with van der Waals surface area (Å²) in [4.78, 5) is 21.3. The highest BCUT2D eigenvalue weighted by Crippen LogP contribution is 2.14. The van der Waals surface area contributed by atoms with Gasteiger partial charge in [-0.2, -0.15) is 0 Å². The van der Waals surface area contributed by atoms with Gasteiger partial charge in [-0.1, -0.05) is 0 Å². The Morgan fingerprint density at radius 2 is 2.00 bits per heavy atom. The average Bonchev–Trinajstić information content (AvgIpc) is 2.23. The number of carboxylic acid groups (broad SMARTS) is 1. The lowest BCUT2D eigenvalue weighted by Crippen LogP contribution is -2.30. The number of carbonyl (C=O) groups is 2. The summed E-state index contributed by atoms with van der Waals surface area (Å²) in [5.74, 6) is -2.53. The van der Waals surface area contributed by atoms with E-state index < -0.39 is 23.6 Å². The van der Waals surface area contributed by atoms with Crippen molar-refractivity contribution in [2.24, 2.45) is 0 Å². The Kier molecular flexibility index (Phi) is 4.38. The molecule has 0 aromatic heterocycles. The van der Waals surface area contributed by atoms with E-state index in [0.717, 1.165) is 18.2 Å². The van der Waals surface area contributed by atoms with Crippen LogP contribution in [0.4, 0.5) is 19.3 Å². The highest BCUT2D eigenvalue weighted by molar-refractivity contribution is 5.89. The summed E-state index contributed by atoms with van der Waals surface area (Å²) in [7, 11) is 0. The highest BCUT2D eigenvalue weighted by Gasteiger charge is 2.07. The molecule has 92 valence electrons. The number of amides is 2. The fraction of sp³-hybridized carbons (Fsp3) is 0.200. The number of hydrogen-bond donors (Lipinski definition) is 3. The lowest BCUT2D eigenvalue weighted by molar-refractivity contribution is -0.136. The summed E-state index contributed by atoms with van der Waals surface area (Å²) in [5, 5.41) is 12.6. The van der Waals surface area contributed by atoms with Crippen LogP contribution in [0.5, 0.6) is 0 Å². The molecule has 1 aromatic rings. The first-order chi connectivity index (χ1) is 7.99. The number of aliphatic carboxylic acids is 1. The third-order valence-corrected chi connectivity index (χ3v) is 1.80. The van der Waals surface area contributed by atoms with Gasteiger partial charge in [0.25, 0.3) is 0 Å². The molecule has 5 nitrogen and oxygen atoms in total. The first-order valence-electron chi connectivity index (χ1n) is 4.70. The Morgan fingerprint density at radius 3 is 2.65 bits per heavy atom. The lowest BCUT2D eigenvalue weighted by Gasteiger charge is -2.07. The number of carbonyl (C=O) groups excluding carboxylic acids is 1. The molecule has 0 aliphatic rings. The molecule has 0 fully saturated rings. The third-order valence-electron chi connectivity index (χ3n) is 1.80. The number of nitrogens with one attached hydrogen (secondary N) is 2. The van der Waals surface area contributed by atoms with Gasteiger partial charge in [-0.25, -0.2) is 13.6 Å². The van der Waals surface area contributed by atoms with E-state index in [0.29, 0.717) is 0 Å². The maximum absolute atomic E-state index is 13.1. The smallest absolute Gasteiger partial charge is 0.319 e. The Labute approximate surface area is 95.4 Å². The van der Waals surface area contributed by atoms with Gasteiger partial charge in [0.2, 0.25) is 0 Å². The van der Waals surface area contributed by atoms with Gasteiger partial charge in [0.05, 0.1) is 12.1 Å². The van der Waals surface area contributed by atoms with E-state index in [1.54, 1.807) is 0 Å². The van der Waals surface area contributed by atoms with Crippen LogP contribution < -0.4 is 10.6 Å². The zero-order valence-electron chi connectivity index (χ0n) is 8.67. The van der Waals surface area contributed by atoms with Crippen molar-refractivity contribution >= 4 is 17.7 Å². The van der Waals surface area contributed by atoms with E-state index in [9.17, 15) is 18.4 Å². The van der Waals surface area contributed by atoms with Crippen LogP contribution in [0.15, 0.2) is 18.2 Å². The largest absolute Gasteiger partial charge is 0.481 e. The molecule has 0 saturated heterocycles. The van der Waals surface area contributed by atoms with Gasteiger partial charge in [0, 0.05) is 12.6 Å². The maximum Gasteiger partial charge on any atom is 0.319 e. The van der Waals surface area contributed by atoms with Crippen molar-refractivity contribution in [1.29, 1.82) is 0 Å². The standard InChI is InChI=1S/C10H10F2N2O3/c11-6-1-2-7(12)8(5-6)14-10(17)13-4-3-9(15)16/h1-2,5H,3-4H2,(H,15,16)(H2,13,14,17). The minimum absolute atomic E-state index is 0.0991. The van der Waals surface area contributed by atoms with Crippen LogP contribution in [0.25, 0.3) is 0 Å². The molecule has 0 heterocycles. The summed E-state index contributed by atoms with van der Waals surface area (Å²) >= 11 is 0. The van der Waals surface area contributed by atoms with Crippen molar-refractivity contribution in [3.63, 3.8) is 0 Å². The van der Waals surface area contributed by atoms with Gasteiger partial charge in [-0.3, -0.25) is 4.79 Å². The van der Waals surface area contributed by atoms with Crippen molar-refractivity contribution in [1.82, 2.24) is 5.32 Å². The molecule has 3 N–H and O–H groups in total. The molecule has 0 saturated carbocycles. The van der Waals surface area contributed by atoms with Crippen LogP contribution in [-0.2, 0) is 4.79 Å².